The maximum Gasteiger partial charge on any atom is 0.334 e. The van der Waals surface area contributed by atoms with Gasteiger partial charge in [0.15, 0.2) is 0 Å². The van der Waals surface area contributed by atoms with E-state index in [9.17, 15) is 4.79 Å². The van der Waals surface area contributed by atoms with Crippen molar-refractivity contribution < 1.29 is 9.63 Å². The minimum Gasteiger partial charge on any atom is -0.373 e. The van der Waals surface area contributed by atoms with Crippen LogP contribution in [0.4, 0.5) is 0 Å². The highest BCUT2D eigenvalue weighted by Gasteiger charge is 2.19. The lowest BCUT2D eigenvalue weighted by molar-refractivity contribution is -0.140. The zero-order valence-corrected chi connectivity index (χ0v) is 7.04. The predicted octanol–water partition coefficient (Wildman–Crippen LogP) is 0.252. The predicted molar refractivity (Wildman–Crippen MR) is 43.9 cm³/mol. The van der Waals surface area contributed by atoms with Crippen LogP contribution in [-0.4, -0.2) is 28.5 Å². The van der Waals surface area contributed by atoms with Gasteiger partial charge in [-0.2, -0.15) is 17.7 Å². The molecule has 0 aliphatic carbocycles. The molecule has 5 heteroatoms. The van der Waals surface area contributed by atoms with Crippen molar-refractivity contribution in [2.24, 2.45) is 5.90 Å². The van der Waals surface area contributed by atoms with Crippen molar-refractivity contribution >= 4 is 29.5 Å². The van der Waals surface area contributed by atoms with Gasteiger partial charge in [-0.15, -0.1) is 11.8 Å². The molecule has 3 nitrogen and oxygen atoms in total. The van der Waals surface area contributed by atoms with E-state index in [4.69, 9.17) is 0 Å². The fraction of sp³-hybridized carbons (Fsp3) is 0.800. The Balaban J connectivity index is 1.98. The van der Waals surface area contributed by atoms with Crippen LogP contribution < -0.4 is 5.90 Å². The Morgan fingerprint density at radius 3 is 2.90 bits per heavy atom. The van der Waals surface area contributed by atoms with Crippen molar-refractivity contribution in [2.75, 3.05) is 17.3 Å². The molecule has 0 aromatic carbocycles. The van der Waals surface area contributed by atoms with Crippen LogP contribution in [0.15, 0.2) is 0 Å². The Morgan fingerprint density at radius 1 is 1.80 bits per heavy atom. The van der Waals surface area contributed by atoms with E-state index in [1.807, 2.05) is 11.8 Å². The molecule has 0 spiro atoms. The molecule has 0 unspecified atom stereocenters. The molecule has 0 aromatic rings. The average molecular weight is 179 g/mol. The molecule has 1 aliphatic rings. The van der Waals surface area contributed by atoms with E-state index in [1.54, 1.807) is 11.8 Å². The second kappa shape index (κ2) is 4.10. The van der Waals surface area contributed by atoms with Crippen LogP contribution in [0.25, 0.3) is 0 Å². The number of carbonyl (C=O) groups excluding carboxylic acids is 1. The Morgan fingerprint density at radius 2 is 2.50 bits per heavy atom. The number of thioether (sulfide) groups is 2. The number of hydrogen-bond acceptors (Lipinski definition) is 5. The summed E-state index contributed by atoms with van der Waals surface area (Å²) in [6.45, 7) is 0. The topological polar surface area (TPSA) is 52.3 Å². The molecule has 0 saturated carbocycles. The lowest BCUT2D eigenvalue weighted by Gasteiger charge is -2.23. The first-order valence-corrected chi connectivity index (χ1v) is 5.12. The third-order valence-electron chi connectivity index (χ3n) is 1.18. The fourth-order valence-corrected chi connectivity index (χ4v) is 2.75. The zero-order valence-electron chi connectivity index (χ0n) is 5.41. The molecule has 2 N–H and O–H groups in total. The highest BCUT2D eigenvalue weighted by molar-refractivity contribution is 8.07. The Hall–Kier alpha value is 0.130. The van der Waals surface area contributed by atoms with Crippen LogP contribution in [0.1, 0.15) is 0 Å². The maximum atomic E-state index is 10.5. The molecule has 1 rings (SSSR count). The van der Waals surface area contributed by atoms with Crippen molar-refractivity contribution in [3.05, 3.63) is 0 Å². The van der Waals surface area contributed by atoms with Gasteiger partial charge in [0, 0.05) is 16.8 Å². The molecular formula is C5H9NO2S2. The third kappa shape index (κ3) is 2.40. The number of nitrogens with two attached hydrogens (primary N) is 1. The van der Waals surface area contributed by atoms with Crippen LogP contribution in [0, 0.1) is 0 Å². The molecule has 0 atom stereocenters. The van der Waals surface area contributed by atoms with E-state index < -0.39 is 0 Å². The van der Waals surface area contributed by atoms with Crippen molar-refractivity contribution in [2.45, 2.75) is 5.25 Å². The highest BCUT2D eigenvalue weighted by atomic mass is 32.2. The summed E-state index contributed by atoms with van der Waals surface area (Å²) in [5.74, 6) is 7.02. The molecule has 0 aromatic heterocycles. The van der Waals surface area contributed by atoms with E-state index in [1.165, 1.54) is 0 Å². The van der Waals surface area contributed by atoms with Gasteiger partial charge >= 0.3 is 5.97 Å². The Labute approximate surface area is 68.0 Å². The normalized spacial score (nSPS) is 18.1. The van der Waals surface area contributed by atoms with Gasteiger partial charge in [-0.25, -0.2) is 4.79 Å². The summed E-state index contributed by atoms with van der Waals surface area (Å²) in [6.07, 6.45) is 0. The lowest BCUT2D eigenvalue weighted by Crippen LogP contribution is -2.23. The van der Waals surface area contributed by atoms with Gasteiger partial charge in [-0.05, 0) is 0 Å². The van der Waals surface area contributed by atoms with Crippen LogP contribution in [0.5, 0.6) is 0 Å². The molecule has 0 radical (unpaired) electrons. The van der Waals surface area contributed by atoms with Crippen molar-refractivity contribution in [3.8, 4) is 0 Å². The van der Waals surface area contributed by atoms with Gasteiger partial charge < -0.3 is 4.84 Å². The van der Waals surface area contributed by atoms with E-state index in [0.717, 1.165) is 11.5 Å². The summed E-state index contributed by atoms with van der Waals surface area (Å²) in [7, 11) is 0. The number of carbonyl (C=O) groups is 1. The summed E-state index contributed by atoms with van der Waals surface area (Å²) < 4.78 is 0. The third-order valence-corrected chi connectivity index (χ3v) is 4.08. The molecule has 10 heavy (non-hydrogen) atoms. The Kier molecular flexibility index (Phi) is 3.37. The van der Waals surface area contributed by atoms with Gasteiger partial charge in [0.1, 0.15) is 0 Å². The van der Waals surface area contributed by atoms with Gasteiger partial charge in [-0.3, -0.25) is 0 Å². The minimum absolute atomic E-state index is 0.332. The SMILES string of the molecule is NOC(=O)CSC1CSC1. The van der Waals surface area contributed by atoms with Gasteiger partial charge in [0.2, 0.25) is 0 Å². The van der Waals surface area contributed by atoms with Crippen molar-refractivity contribution in [3.63, 3.8) is 0 Å². The summed E-state index contributed by atoms with van der Waals surface area (Å²) in [4.78, 5) is 14.5. The van der Waals surface area contributed by atoms with Crippen LogP contribution in [0.3, 0.4) is 0 Å². The zero-order chi connectivity index (χ0) is 7.40. The van der Waals surface area contributed by atoms with Crippen LogP contribution in [-0.2, 0) is 9.63 Å². The quantitative estimate of drug-likeness (QED) is 0.629. The Bertz CT molecular complexity index is 127. The molecule has 1 aliphatic heterocycles. The molecule has 1 fully saturated rings. The first-order valence-electron chi connectivity index (χ1n) is 2.92. The fourth-order valence-electron chi connectivity index (χ4n) is 0.530. The van der Waals surface area contributed by atoms with Crippen molar-refractivity contribution in [1.29, 1.82) is 0 Å². The minimum atomic E-state index is -0.332. The first-order chi connectivity index (χ1) is 4.83. The number of rotatable bonds is 3. The maximum absolute atomic E-state index is 10.5. The average Bonchev–Trinajstić information content (AvgIpc) is 1.84. The summed E-state index contributed by atoms with van der Waals surface area (Å²) in [5, 5.41) is 0.643. The molecule has 1 heterocycles. The molecule has 0 amide bonds. The van der Waals surface area contributed by atoms with Crippen molar-refractivity contribution in [1.82, 2.24) is 0 Å². The monoisotopic (exact) mass is 179 g/mol. The van der Waals surface area contributed by atoms with E-state index in [2.05, 4.69) is 10.7 Å². The second-order valence-corrected chi connectivity index (χ2v) is 4.32. The molecule has 0 bridgehead atoms. The first kappa shape index (κ1) is 8.23. The van der Waals surface area contributed by atoms with Gasteiger partial charge in [0.25, 0.3) is 0 Å². The lowest BCUT2D eigenvalue weighted by atomic mass is 10.5. The van der Waals surface area contributed by atoms with E-state index >= 15 is 0 Å². The second-order valence-electron chi connectivity index (χ2n) is 1.96. The van der Waals surface area contributed by atoms with Gasteiger partial charge in [0.05, 0.1) is 5.75 Å². The summed E-state index contributed by atoms with van der Waals surface area (Å²) >= 11 is 3.52. The largest absolute Gasteiger partial charge is 0.373 e. The van der Waals surface area contributed by atoms with Crippen LogP contribution in [0.2, 0.25) is 0 Å². The number of hydrogen-bond donors (Lipinski definition) is 1. The van der Waals surface area contributed by atoms with Crippen LogP contribution >= 0.6 is 23.5 Å². The summed E-state index contributed by atoms with van der Waals surface area (Å²) in [6, 6.07) is 0. The highest BCUT2D eigenvalue weighted by Crippen LogP contribution is 2.28. The standard InChI is InChI=1S/C5H9NO2S2/c6-8-5(7)3-10-4-1-9-2-4/h4H,1-3,6H2. The van der Waals surface area contributed by atoms with E-state index in [0.29, 0.717) is 11.0 Å². The smallest absolute Gasteiger partial charge is 0.334 e. The van der Waals surface area contributed by atoms with Gasteiger partial charge in [-0.1, -0.05) is 0 Å². The molecule has 1 saturated heterocycles. The summed E-state index contributed by atoms with van der Waals surface area (Å²) in [5.41, 5.74) is 0. The molecular weight excluding hydrogens is 170 g/mol. The molecule has 58 valence electrons. The van der Waals surface area contributed by atoms with E-state index in [-0.39, 0.29) is 5.97 Å².